The summed E-state index contributed by atoms with van der Waals surface area (Å²) in [4.78, 5) is 12.4. The average molecular weight is 341 g/mol. The first kappa shape index (κ1) is 17.4. The Balaban J connectivity index is 1.66. The first-order valence-electron chi connectivity index (χ1n) is 8.40. The number of nitrogens with zero attached hydrogens (tertiary/aromatic N) is 1. The van der Waals surface area contributed by atoms with Crippen LogP contribution in [0.2, 0.25) is 0 Å². The highest BCUT2D eigenvalue weighted by molar-refractivity contribution is 5.98. The van der Waals surface area contributed by atoms with E-state index in [0.29, 0.717) is 16.9 Å². The van der Waals surface area contributed by atoms with Gasteiger partial charge in [-0.1, -0.05) is 42.0 Å². The molecule has 0 aromatic heterocycles. The number of hydrogen-bond acceptors (Lipinski definition) is 3. The summed E-state index contributed by atoms with van der Waals surface area (Å²) in [7, 11) is 0. The highest BCUT2D eigenvalue weighted by Gasteiger charge is 2.10. The Morgan fingerprint density at radius 3 is 2.15 bits per heavy atom. The van der Waals surface area contributed by atoms with Gasteiger partial charge >= 0.3 is 0 Å². The summed E-state index contributed by atoms with van der Waals surface area (Å²) in [6.07, 6.45) is 0. The number of aryl methyl sites for hydroxylation is 2. The minimum Gasteiger partial charge on any atom is -0.485 e. The topological polar surface area (TPSA) is 50.1 Å². The first-order valence-corrected chi connectivity index (χ1v) is 8.40. The maximum absolute atomic E-state index is 12.4. The van der Waals surface area contributed by atoms with Crippen molar-refractivity contribution >= 4 is 5.78 Å². The predicted molar refractivity (Wildman–Crippen MR) is 102 cm³/mol. The van der Waals surface area contributed by atoms with Gasteiger partial charge in [-0.15, -0.1) is 0 Å². The summed E-state index contributed by atoms with van der Waals surface area (Å²) in [5.41, 5.74) is 5.42. The Kier molecular flexibility index (Phi) is 5.15. The molecule has 0 unspecified atom stereocenters. The third kappa shape index (κ3) is 3.99. The lowest BCUT2D eigenvalue weighted by Gasteiger charge is -2.09. The molecule has 0 saturated heterocycles. The number of rotatable bonds is 5. The van der Waals surface area contributed by atoms with E-state index >= 15 is 0 Å². The normalized spacial score (nSPS) is 10.2. The fourth-order valence-electron chi connectivity index (χ4n) is 2.74. The largest absolute Gasteiger partial charge is 0.485 e. The van der Waals surface area contributed by atoms with Crippen LogP contribution in [0, 0.1) is 25.2 Å². The van der Waals surface area contributed by atoms with Gasteiger partial charge in [-0.05, 0) is 60.9 Å². The van der Waals surface area contributed by atoms with E-state index in [-0.39, 0.29) is 12.4 Å². The highest BCUT2D eigenvalue weighted by atomic mass is 16.5. The van der Waals surface area contributed by atoms with Gasteiger partial charge in [0.1, 0.15) is 5.75 Å². The molecule has 0 spiro atoms. The summed E-state index contributed by atoms with van der Waals surface area (Å²) in [6, 6.07) is 23.0. The van der Waals surface area contributed by atoms with Gasteiger partial charge in [0, 0.05) is 5.56 Å². The quantitative estimate of drug-likeness (QED) is 0.606. The fourth-order valence-corrected chi connectivity index (χ4v) is 2.74. The second-order valence-electron chi connectivity index (χ2n) is 6.24. The van der Waals surface area contributed by atoms with Crippen molar-refractivity contribution in [2.45, 2.75) is 13.8 Å². The molecule has 3 heteroatoms. The Bertz CT molecular complexity index is 965. The molecule has 128 valence electrons. The molecule has 3 aromatic carbocycles. The summed E-state index contributed by atoms with van der Waals surface area (Å²) < 4.78 is 5.65. The SMILES string of the molecule is Cc1ccc(C)c(C(=O)COc2ccc(-c3ccc(C#N)cc3)cc2)c1. The zero-order valence-electron chi connectivity index (χ0n) is 14.8. The molecule has 0 radical (unpaired) electrons. The van der Waals surface area contributed by atoms with Crippen molar-refractivity contribution in [3.05, 3.63) is 89.0 Å². The van der Waals surface area contributed by atoms with Crippen molar-refractivity contribution in [3.8, 4) is 22.9 Å². The lowest BCUT2D eigenvalue weighted by atomic mass is 10.0. The zero-order chi connectivity index (χ0) is 18.5. The van der Waals surface area contributed by atoms with Crippen LogP contribution in [0.5, 0.6) is 5.75 Å². The van der Waals surface area contributed by atoms with E-state index in [0.717, 1.165) is 22.3 Å². The number of benzene rings is 3. The minimum atomic E-state index is -0.0256. The van der Waals surface area contributed by atoms with E-state index in [9.17, 15) is 4.79 Å². The second-order valence-corrected chi connectivity index (χ2v) is 6.24. The molecule has 26 heavy (non-hydrogen) atoms. The van der Waals surface area contributed by atoms with Crippen LogP contribution >= 0.6 is 0 Å². The minimum absolute atomic E-state index is 0.0144. The van der Waals surface area contributed by atoms with E-state index in [1.165, 1.54) is 0 Å². The smallest absolute Gasteiger partial charge is 0.200 e. The zero-order valence-corrected chi connectivity index (χ0v) is 14.8. The number of ketones is 1. The van der Waals surface area contributed by atoms with Gasteiger partial charge in [-0.2, -0.15) is 5.26 Å². The lowest BCUT2D eigenvalue weighted by Crippen LogP contribution is -2.13. The van der Waals surface area contributed by atoms with Crippen LogP contribution < -0.4 is 4.74 Å². The van der Waals surface area contributed by atoms with Crippen LogP contribution in [0.3, 0.4) is 0 Å². The van der Waals surface area contributed by atoms with Gasteiger partial charge in [0.05, 0.1) is 11.6 Å². The molecule has 0 atom stereocenters. The molecule has 0 N–H and O–H groups in total. The van der Waals surface area contributed by atoms with Gasteiger partial charge in [-0.3, -0.25) is 4.79 Å². The number of nitriles is 1. The van der Waals surface area contributed by atoms with E-state index in [1.54, 1.807) is 12.1 Å². The van der Waals surface area contributed by atoms with Gasteiger partial charge in [0.25, 0.3) is 0 Å². The third-order valence-electron chi connectivity index (χ3n) is 4.27. The number of hydrogen-bond donors (Lipinski definition) is 0. The van der Waals surface area contributed by atoms with Crippen molar-refractivity contribution in [3.63, 3.8) is 0 Å². The summed E-state index contributed by atoms with van der Waals surface area (Å²) in [5, 5.41) is 8.86. The van der Waals surface area contributed by atoms with E-state index in [2.05, 4.69) is 6.07 Å². The molecule has 0 heterocycles. The Morgan fingerprint density at radius 2 is 1.54 bits per heavy atom. The van der Waals surface area contributed by atoms with E-state index in [1.807, 2.05) is 68.4 Å². The molecule has 0 saturated carbocycles. The van der Waals surface area contributed by atoms with Crippen LogP contribution in [0.25, 0.3) is 11.1 Å². The molecule has 0 bridgehead atoms. The lowest BCUT2D eigenvalue weighted by molar-refractivity contribution is 0.0921. The first-order chi connectivity index (χ1) is 12.6. The number of carbonyl (C=O) groups is 1. The Morgan fingerprint density at radius 1 is 0.923 bits per heavy atom. The molecule has 0 aliphatic carbocycles. The third-order valence-corrected chi connectivity index (χ3v) is 4.27. The molecule has 0 amide bonds. The standard InChI is InChI=1S/C23H19NO2/c1-16-3-4-17(2)22(13-16)23(25)15-26-21-11-9-20(10-12-21)19-7-5-18(14-24)6-8-19/h3-13H,15H2,1-2H3. The van der Waals surface area contributed by atoms with Crippen LogP contribution in [0.1, 0.15) is 27.0 Å². The maximum atomic E-state index is 12.4. The number of carbonyl (C=O) groups excluding carboxylic acids is 1. The molecule has 3 nitrogen and oxygen atoms in total. The highest BCUT2D eigenvalue weighted by Crippen LogP contribution is 2.23. The molecule has 0 fully saturated rings. The van der Waals surface area contributed by atoms with Crippen molar-refractivity contribution in [2.24, 2.45) is 0 Å². The van der Waals surface area contributed by atoms with Gasteiger partial charge in [-0.25, -0.2) is 0 Å². The van der Waals surface area contributed by atoms with Crippen molar-refractivity contribution in [2.75, 3.05) is 6.61 Å². The fraction of sp³-hybridized carbons (Fsp3) is 0.130. The second kappa shape index (κ2) is 7.67. The Labute approximate surface area is 153 Å². The Hall–Kier alpha value is -3.38. The summed E-state index contributed by atoms with van der Waals surface area (Å²) in [6.45, 7) is 3.92. The average Bonchev–Trinajstić information content (AvgIpc) is 2.68. The molecule has 0 aliphatic heterocycles. The van der Waals surface area contributed by atoms with Gasteiger partial charge in [0.2, 0.25) is 0 Å². The van der Waals surface area contributed by atoms with Crippen molar-refractivity contribution in [1.82, 2.24) is 0 Å². The van der Waals surface area contributed by atoms with E-state index < -0.39 is 0 Å². The van der Waals surface area contributed by atoms with Crippen molar-refractivity contribution in [1.29, 1.82) is 5.26 Å². The van der Waals surface area contributed by atoms with Gasteiger partial charge < -0.3 is 4.74 Å². The maximum Gasteiger partial charge on any atom is 0.200 e. The van der Waals surface area contributed by atoms with Crippen LogP contribution in [-0.4, -0.2) is 12.4 Å². The molecule has 3 rings (SSSR count). The van der Waals surface area contributed by atoms with E-state index in [4.69, 9.17) is 10.00 Å². The molecule has 3 aromatic rings. The van der Waals surface area contributed by atoms with Crippen LogP contribution in [-0.2, 0) is 0 Å². The van der Waals surface area contributed by atoms with Crippen LogP contribution in [0.15, 0.2) is 66.7 Å². The summed E-state index contributed by atoms with van der Waals surface area (Å²) in [5.74, 6) is 0.628. The molecular formula is C23H19NO2. The summed E-state index contributed by atoms with van der Waals surface area (Å²) >= 11 is 0. The predicted octanol–water partition coefficient (Wildman–Crippen LogP) is 5.10. The van der Waals surface area contributed by atoms with Crippen LogP contribution in [0.4, 0.5) is 0 Å². The molecular weight excluding hydrogens is 322 g/mol. The number of Topliss-reactive ketones (excluding diaryl/α,β-unsaturated/α-hetero) is 1. The monoisotopic (exact) mass is 341 g/mol. The molecule has 0 aliphatic rings. The van der Waals surface area contributed by atoms with Crippen molar-refractivity contribution < 1.29 is 9.53 Å². The number of ether oxygens (including phenoxy) is 1. The van der Waals surface area contributed by atoms with Gasteiger partial charge in [0.15, 0.2) is 12.4 Å².